The van der Waals surface area contributed by atoms with Gasteiger partial charge < -0.3 is 5.32 Å². The van der Waals surface area contributed by atoms with Crippen LogP contribution in [0.5, 0.6) is 0 Å². The quantitative estimate of drug-likeness (QED) is 0.770. The number of aryl methyl sites for hydroxylation is 1. The van der Waals surface area contributed by atoms with E-state index in [1.54, 1.807) is 0 Å². The van der Waals surface area contributed by atoms with Crippen molar-refractivity contribution in [3.8, 4) is 0 Å². The lowest BCUT2D eigenvalue weighted by atomic mass is 10.0. The number of hydrogen-bond acceptors (Lipinski definition) is 1. The van der Waals surface area contributed by atoms with Crippen molar-refractivity contribution in [3.05, 3.63) is 41.1 Å². The van der Waals surface area contributed by atoms with Crippen LogP contribution in [0.4, 0.5) is 0 Å². The van der Waals surface area contributed by atoms with Gasteiger partial charge in [0.15, 0.2) is 0 Å². The highest BCUT2D eigenvalue weighted by molar-refractivity contribution is 5.56. The van der Waals surface area contributed by atoms with Crippen molar-refractivity contribution in [2.75, 3.05) is 7.05 Å². The van der Waals surface area contributed by atoms with Crippen molar-refractivity contribution in [3.63, 3.8) is 0 Å². The summed E-state index contributed by atoms with van der Waals surface area (Å²) in [6.07, 6.45) is 2.22. The number of nitrogens with one attached hydrogen (secondary N) is 1. The molecule has 1 aromatic carbocycles. The number of rotatable bonds is 3. The molecule has 0 saturated carbocycles. The molecule has 0 aromatic heterocycles. The van der Waals surface area contributed by atoms with E-state index in [4.69, 9.17) is 0 Å². The molecule has 1 nitrogen and oxygen atoms in total. The monoisotopic (exact) mass is 189 g/mol. The zero-order chi connectivity index (χ0) is 10.6. The maximum atomic E-state index is 3.24. The molecule has 0 bridgehead atoms. The summed E-state index contributed by atoms with van der Waals surface area (Å²) in [5.74, 6) is 0.541. The summed E-state index contributed by atoms with van der Waals surface area (Å²) in [4.78, 5) is 0. The van der Waals surface area contributed by atoms with Gasteiger partial charge in [-0.2, -0.15) is 0 Å². The average Bonchev–Trinajstić information content (AvgIpc) is 2.16. The highest BCUT2D eigenvalue weighted by Gasteiger charge is 2.01. The lowest BCUT2D eigenvalue weighted by Gasteiger charge is -2.11. The minimum Gasteiger partial charge on any atom is -0.391 e. The Kier molecular flexibility index (Phi) is 3.75. The molecule has 0 heterocycles. The van der Waals surface area contributed by atoms with Crippen molar-refractivity contribution in [2.24, 2.45) is 5.92 Å². The fraction of sp³-hybridized carbons (Fsp3) is 0.385. The Morgan fingerprint density at radius 2 is 1.93 bits per heavy atom. The molecule has 0 atom stereocenters. The van der Waals surface area contributed by atoms with E-state index in [2.05, 4.69) is 56.4 Å². The third-order valence-corrected chi connectivity index (χ3v) is 2.41. The minimum absolute atomic E-state index is 0.541. The van der Waals surface area contributed by atoms with Crippen LogP contribution < -0.4 is 5.32 Å². The summed E-state index contributed by atoms with van der Waals surface area (Å²) in [6.45, 7) is 6.53. The van der Waals surface area contributed by atoms with Gasteiger partial charge in [0.05, 0.1) is 0 Å². The minimum atomic E-state index is 0.541. The van der Waals surface area contributed by atoms with E-state index in [1.165, 1.54) is 16.8 Å². The van der Waals surface area contributed by atoms with E-state index < -0.39 is 0 Å². The highest BCUT2D eigenvalue weighted by atomic mass is 14.8. The maximum Gasteiger partial charge on any atom is 0.0136 e. The molecule has 0 unspecified atom stereocenters. The van der Waals surface area contributed by atoms with Crippen molar-refractivity contribution in [1.29, 1.82) is 0 Å². The van der Waals surface area contributed by atoms with Gasteiger partial charge in [0.1, 0.15) is 0 Å². The van der Waals surface area contributed by atoms with Gasteiger partial charge in [-0.3, -0.25) is 0 Å². The number of allylic oxidation sites excluding steroid dienone is 1. The lowest BCUT2D eigenvalue weighted by molar-refractivity contribution is 0.707. The van der Waals surface area contributed by atoms with Crippen LogP contribution in [0, 0.1) is 12.8 Å². The summed E-state index contributed by atoms with van der Waals surface area (Å²) in [7, 11) is 1.98. The molecule has 0 amide bonds. The Balaban J connectivity index is 3.00. The molecule has 0 spiro atoms. The van der Waals surface area contributed by atoms with Crippen LogP contribution in [0.25, 0.3) is 6.08 Å². The zero-order valence-corrected chi connectivity index (χ0v) is 9.46. The lowest BCUT2D eigenvalue weighted by Crippen LogP contribution is -2.11. The summed E-state index contributed by atoms with van der Waals surface area (Å²) in [6, 6.07) is 8.43. The predicted molar refractivity (Wildman–Crippen MR) is 63.1 cm³/mol. The van der Waals surface area contributed by atoms with Crippen LogP contribution in [0.2, 0.25) is 0 Å². The average molecular weight is 189 g/mol. The first kappa shape index (κ1) is 10.8. The van der Waals surface area contributed by atoms with Gasteiger partial charge in [-0.25, -0.2) is 0 Å². The van der Waals surface area contributed by atoms with Crippen LogP contribution in [0.15, 0.2) is 30.0 Å². The summed E-state index contributed by atoms with van der Waals surface area (Å²) in [5, 5.41) is 3.24. The number of hydrogen-bond donors (Lipinski definition) is 1. The molecule has 0 saturated heterocycles. The highest BCUT2D eigenvalue weighted by Crippen LogP contribution is 2.14. The smallest absolute Gasteiger partial charge is 0.0136 e. The van der Waals surface area contributed by atoms with E-state index in [1.807, 2.05) is 7.05 Å². The van der Waals surface area contributed by atoms with E-state index in [-0.39, 0.29) is 0 Å². The Morgan fingerprint density at radius 3 is 2.43 bits per heavy atom. The van der Waals surface area contributed by atoms with Crippen LogP contribution in [-0.4, -0.2) is 7.05 Å². The molecule has 1 aromatic rings. The SMILES string of the molecule is CN/C(=C\c1ccccc1C)C(C)C. The fourth-order valence-corrected chi connectivity index (χ4v) is 1.44. The molecule has 1 N–H and O–H groups in total. The first-order valence-electron chi connectivity index (χ1n) is 5.10. The Bertz CT molecular complexity index is 324. The van der Waals surface area contributed by atoms with Gasteiger partial charge in [0.2, 0.25) is 0 Å². The second-order valence-corrected chi connectivity index (χ2v) is 3.86. The summed E-state index contributed by atoms with van der Waals surface area (Å²) >= 11 is 0. The van der Waals surface area contributed by atoms with Gasteiger partial charge in [-0.1, -0.05) is 38.1 Å². The zero-order valence-electron chi connectivity index (χ0n) is 9.46. The third kappa shape index (κ3) is 2.63. The molecule has 76 valence electrons. The Morgan fingerprint density at radius 1 is 1.29 bits per heavy atom. The van der Waals surface area contributed by atoms with E-state index in [0.717, 1.165) is 0 Å². The third-order valence-electron chi connectivity index (χ3n) is 2.41. The second-order valence-electron chi connectivity index (χ2n) is 3.86. The van der Waals surface area contributed by atoms with Gasteiger partial charge in [0, 0.05) is 12.7 Å². The normalized spacial score (nSPS) is 11.9. The number of benzene rings is 1. The van der Waals surface area contributed by atoms with Gasteiger partial charge in [-0.05, 0) is 30.0 Å². The van der Waals surface area contributed by atoms with Crippen molar-refractivity contribution >= 4 is 6.08 Å². The predicted octanol–water partition coefficient (Wildman–Crippen LogP) is 3.21. The molecule has 0 aliphatic carbocycles. The molecular weight excluding hydrogens is 170 g/mol. The van der Waals surface area contributed by atoms with Crippen molar-refractivity contribution in [1.82, 2.24) is 5.32 Å². The van der Waals surface area contributed by atoms with Gasteiger partial charge >= 0.3 is 0 Å². The molecule has 0 fully saturated rings. The van der Waals surface area contributed by atoms with Gasteiger partial charge in [-0.15, -0.1) is 0 Å². The van der Waals surface area contributed by atoms with Crippen LogP contribution >= 0.6 is 0 Å². The molecule has 1 rings (SSSR count). The largest absolute Gasteiger partial charge is 0.391 e. The maximum absolute atomic E-state index is 3.24. The van der Waals surface area contributed by atoms with Crippen molar-refractivity contribution in [2.45, 2.75) is 20.8 Å². The Labute approximate surface area is 86.8 Å². The topological polar surface area (TPSA) is 12.0 Å². The summed E-state index contributed by atoms with van der Waals surface area (Å²) in [5.41, 5.74) is 3.89. The summed E-state index contributed by atoms with van der Waals surface area (Å²) < 4.78 is 0. The fourth-order valence-electron chi connectivity index (χ4n) is 1.44. The molecule has 0 radical (unpaired) electrons. The van der Waals surface area contributed by atoms with E-state index in [0.29, 0.717) is 5.92 Å². The van der Waals surface area contributed by atoms with Gasteiger partial charge in [0.25, 0.3) is 0 Å². The first-order chi connectivity index (χ1) is 6.65. The second kappa shape index (κ2) is 4.85. The van der Waals surface area contributed by atoms with E-state index in [9.17, 15) is 0 Å². The Hall–Kier alpha value is -1.24. The molecule has 0 aliphatic heterocycles. The van der Waals surface area contributed by atoms with Crippen LogP contribution in [-0.2, 0) is 0 Å². The standard InChI is InChI=1S/C13H19N/c1-10(2)13(14-4)9-12-8-6-5-7-11(12)3/h5-10,14H,1-4H3/b13-9-. The van der Waals surface area contributed by atoms with Crippen molar-refractivity contribution < 1.29 is 0 Å². The first-order valence-corrected chi connectivity index (χ1v) is 5.10. The molecule has 0 aliphatic rings. The molecule has 1 heteroatoms. The molecule has 14 heavy (non-hydrogen) atoms. The molecular formula is C13H19N. The van der Waals surface area contributed by atoms with Crippen LogP contribution in [0.1, 0.15) is 25.0 Å². The van der Waals surface area contributed by atoms with E-state index >= 15 is 0 Å². The van der Waals surface area contributed by atoms with Crippen LogP contribution in [0.3, 0.4) is 0 Å².